The van der Waals surface area contributed by atoms with Gasteiger partial charge in [-0.15, -0.1) is 0 Å². The van der Waals surface area contributed by atoms with Gasteiger partial charge in [0, 0.05) is 22.7 Å². The van der Waals surface area contributed by atoms with E-state index in [0.717, 1.165) is 28.2 Å². The second-order valence-electron chi connectivity index (χ2n) is 3.82. The lowest BCUT2D eigenvalue weighted by atomic mass is 10.0. The van der Waals surface area contributed by atoms with Crippen molar-refractivity contribution in [3.05, 3.63) is 41.3 Å². The number of hydrogen-bond acceptors (Lipinski definition) is 1. The van der Waals surface area contributed by atoms with Crippen LogP contribution in [0.4, 0.5) is 4.39 Å². The molecule has 0 aliphatic rings. The van der Waals surface area contributed by atoms with Crippen molar-refractivity contribution in [3.8, 4) is 0 Å². The molecule has 0 fully saturated rings. The number of hydrogen-bond donors (Lipinski definition) is 2. The molecule has 0 saturated heterocycles. The zero-order chi connectivity index (χ0) is 11.7. The number of H-pyrrole nitrogens is 1. The van der Waals surface area contributed by atoms with Crippen molar-refractivity contribution in [1.29, 1.82) is 5.41 Å². The van der Waals surface area contributed by atoms with Crippen LogP contribution >= 0.6 is 0 Å². The standard InChI is InChI=1S/C13H13FN2/c1-8-4-3-5-10-11(7-16-13(8)10)9(2)12(14)6-15/h3-7,15-16H,1-2H3/b12-9-,15-6?. The Labute approximate surface area is 93.3 Å². The van der Waals surface area contributed by atoms with Gasteiger partial charge in [0.15, 0.2) is 0 Å². The second-order valence-corrected chi connectivity index (χ2v) is 3.82. The predicted octanol–water partition coefficient (Wildman–Crippen LogP) is 3.83. The van der Waals surface area contributed by atoms with Crippen molar-refractivity contribution >= 4 is 22.7 Å². The molecule has 2 aromatic rings. The zero-order valence-corrected chi connectivity index (χ0v) is 9.26. The number of aromatic amines is 1. The summed E-state index contributed by atoms with van der Waals surface area (Å²) in [5, 5.41) is 7.92. The van der Waals surface area contributed by atoms with Crippen LogP contribution in [0.25, 0.3) is 16.5 Å². The minimum absolute atomic E-state index is 0.492. The number of benzene rings is 1. The van der Waals surface area contributed by atoms with Crippen LogP contribution in [-0.4, -0.2) is 11.2 Å². The minimum Gasteiger partial charge on any atom is -0.360 e. The molecule has 2 N–H and O–H groups in total. The van der Waals surface area contributed by atoms with Crippen LogP contribution in [0.15, 0.2) is 30.2 Å². The van der Waals surface area contributed by atoms with Gasteiger partial charge < -0.3 is 10.4 Å². The molecule has 0 spiro atoms. The summed E-state index contributed by atoms with van der Waals surface area (Å²) in [5.41, 5.74) is 3.47. The molecule has 2 rings (SSSR count). The van der Waals surface area contributed by atoms with E-state index in [1.165, 1.54) is 0 Å². The Morgan fingerprint density at radius 3 is 2.88 bits per heavy atom. The maximum absolute atomic E-state index is 13.3. The van der Waals surface area contributed by atoms with Crippen LogP contribution in [0, 0.1) is 12.3 Å². The molecule has 0 aliphatic heterocycles. The largest absolute Gasteiger partial charge is 0.360 e. The summed E-state index contributed by atoms with van der Waals surface area (Å²) < 4.78 is 13.3. The highest BCUT2D eigenvalue weighted by molar-refractivity contribution is 5.97. The molecule has 82 valence electrons. The highest BCUT2D eigenvalue weighted by Crippen LogP contribution is 2.28. The number of aryl methyl sites for hydroxylation is 1. The maximum Gasteiger partial charge on any atom is 0.144 e. The molecule has 1 aromatic carbocycles. The van der Waals surface area contributed by atoms with Gasteiger partial charge in [-0.05, 0) is 25.0 Å². The van der Waals surface area contributed by atoms with E-state index < -0.39 is 5.83 Å². The number of nitrogens with one attached hydrogen (secondary N) is 2. The lowest BCUT2D eigenvalue weighted by molar-refractivity contribution is 0.687. The van der Waals surface area contributed by atoms with Crippen LogP contribution in [-0.2, 0) is 0 Å². The zero-order valence-electron chi connectivity index (χ0n) is 9.26. The molecular weight excluding hydrogens is 203 g/mol. The monoisotopic (exact) mass is 216 g/mol. The van der Waals surface area contributed by atoms with E-state index in [0.29, 0.717) is 5.57 Å². The highest BCUT2D eigenvalue weighted by Gasteiger charge is 2.09. The fraction of sp³-hybridized carbons (Fsp3) is 0.154. The highest BCUT2D eigenvalue weighted by atomic mass is 19.1. The smallest absolute Gasteiger partial charge is 0.144 e. The van der Waals surface area contributed by atoms with E-state index in [1.54, 1.807) is 13.1 Å². The average molecular weight is 216 g/mol. The van der Waals surface area contributed by atoms with Gasteiger partial charge in [0.25, 0.3) is 0 Å². The lowest BCUT2D eigenvalue weighted by Crippen LogP contribution is -1.83. The van der Waals surface area contributed by atoms with Gasteiger partial charge in [-0.3, -0.25) is 0 Å². The molecule has 0 radical (unpaired) electrons. The fourth-order valence-corrected chi connectivity index (χ4v) is 1.85. The van der Waals surface area contributed by atoms with Gasteiger partial charge in [0.1, 0.15) is 5.83 Å². The molecule has 1 heterocycles. The van der Waals surface area contributed by atoms with Crippen LogP contribution in [0.1, 0.15) is 18.1 Å². The number of allylic oxidation sites excluding steroid dienone is 2. The molecule has 16 heavy (non-hydrogen) atoms. The first-order valence-corrected chi connectivity index (χ1v) is 5.09. The van der Waals surface area contributed by atoms with Gasteiger partial charge in [-0.1, -0.05) is 18.2 Å². The number of para-hydroxylation sites is 1. The number of fused-ring (bicyclic) bond motifs is 1. The van der Waals surface area contributed by atoms with E-state index in [-0.39, 0.29) is 0 Å². The fourth-order valence-electron chi connectivity index (χ4n) is 1.85. The molecule has 1 aromatic heterocycles. The van der Waals surface area contributed by atoms with Gasteiger partial charge >= 0.3 is 0 Å². The van der Waals surface area contributed by atoms with Crippen molar-refractivity contribution in [3.63, 3.8) is 0 Å². The van der Waals surface area contributed by atoms with Crippen LogP contribution in [0.5, 0.6) is 0 Å². The number of aromatic nitrogens is 1. The third-order valence-corrected chi connectivity index (χ3v) is 2.81. The van der Waals surface area contributed by atoms with E-state index in [4.69, 9.17) is 5.41 Å². The van der Waals surface area contributed by atoms with Crippen molar-refractivity contribution in [1.82, 2.24) is 4.98 Å². The molecule has 0 bridgehead atoms. The minimum atomic E-state index is -0.498. The first-order chi connectivity index (χ1) is 7.65. The van der Waals surface area contributed by atoms with Gasteiger partial charge in [0.2, 0.25) is 0 Å². The van der Waals surface area contributed by atoms with Crippen LogP contribution < -0.4 is 0 Å². The Balaban J connectivity index is 2.72. The molecule has 3 heteroatoms. The van der Waals surface area contributed by atoms with Gasteiger partial charge in [0.05, 0.1) is 6.21 Å². The summed E-state index contributed by atoms with van der Waals surface area (Å²) in [5.74, 6) is -0.498. The summed E-state index contributed by atoms with van der Waals surface area (Å²) in [7, 11) is 0. The molecule has 0 atom stereocenters. The van der Waals surface area contributed by atoms with E-state index in [1.807, 2.05) is 25.1 Å². The quantitative estimate of drug-likeness (QED) is 0.716. The Bertz CT molecular complexity index is 579. The van der Waals surface area contributed by atoms with Crippen LogP contribution in [0.3, 0.4) is 0 Å². The third kappa shape index (κ3) is 1.54. The second kappa shape index (κ2) is 3.93. The Hall–Kier alpha value is -1.90. The first-order valence-electron chi connectivity index (χ1n) is 5.09. The summed E-state index contributed by atoms with van der Waals surface area (Å²) in [6.07, 6.45) is 2.53. The van der Waals surface area contributed by atoms with E-state index in [9.17, 15) is 4.39 Å². The topological polar surface area (TPSA) is 39.6 Å². The molecule has 0 aliphatic carbocycles. The van der Waals surface area contributed by atoms with E-state index in [2.05, 4.69) is 4.98 Å². The van der Waals surface area contributed by atoms with Gasteiger partial charge in [-0.25, -0.2) is 4.39 Å². The van der Waals surface area contributed by atoms with Crippen molar-refractivity contribution in [2.75, 3.05) is 0 Å². The van der Waals surface area contributed by atoms with Crippen molar-refractivity contribution in [2.24, 2.45) is 0 Å². The Kier molecular flexibility index (Phi) is 2.60. The lowest BCUT2D eigenvalue weighted by Gasteiger charge is -2.00. The molecule has 0 saturated carbocycles. The maximum atomic E-state index is 13.3. The predicted molar refractivity (Wildman–Crippen MR) is 65.5 cm³/mol. The van der Waals surface area contributed by atoms with Gasteiger partial charge in [-0.2, -0.15) is 0 Å². The first kappa shape index (κ1) is 10.6. The average Bonchev–Trinajstić information content (AvgIpc) is 2.72. The summed E-state index contributed by atoms with van der Waals surface area (Å²) in [6.45, 7) is 3.69. The normalized spacial score (nSPS) is 12.7. The van der Waals surface area contributed by atoms with E-state index >= 15 is 0 Å². The summed E-state index contributed by atoms with van der Waals surface area (Å²) in [4.78, 5) is 3.14. The molecule has 0 unspecified atom stereocenters. The van der Waals surface area contributed by atoms with Crippen molar-refractivity contribution in [2.45, 2.75) is 13.8 Å². The Morgan fingerprint density at radius 1 is 1.44 bits per heavy atom. The molecule has 2 nitrogen and oxygen atoms in total. The van der Waals surface area contributed by atoms with Crippen LogP contribution in [0.2, 0.25) is 0 Å². The third-order valence-electron chi connectivity index (χ3n) is 2.81. The summed E-state index contributed by atoms with van der Waals surface area (Å²) in [6, 6.07) is 5.91. The molecule has 0 amide bonds. The molecular formula is C13H13FN2. The van der Waals surface area contributed by atoms with Crippen molar-refractivity contribution < 1.29 is 4.39 Å². The SMILES string of the molecule is C/C(=C(/F)C=N)c1c[nH]c2c(C)cccc12. The summed E-state index contributed by atoms with van der Waals surface area (Å²) >= 11 is 0. The Morgan fingerprint density at radius 2 is 2.19 bits per heavy atom. The number of rotatable bonds is 2. The number of halogens is 1.